The van der Waals surface area contributed by atoms with E-state index in [0.717, 1.165) is 0 Å². The van der Waals surface area contributed by atoms with E-state index in [-0.39, 0.29) is 31.5 Å². The normalized spacial score (nSPS) is 11.2. The number of hydrogen-bond acceptors (Lipinski definition) is 7. The molecule has 0 saturated heterocycles. The van der Waals surface area contributed by atoms with Gasteiger partial charge in [0.05, 0.1) is 13.2 Å². The fraction of sp³-hybridized carbons (Fsp3) is 0.800. The topological polar surface area (TPSA) is 90.9 Å². The zero-order valence-electron chi connectivity index (χ0n) is 14.1. The third-order valence-corrected chi connectivity index (χ3v) is 2.16. The van der Waals surface area contributed by atoms with Crippen LogP contribution >= 0.6 is 0 Å². The van der Waals surface area contributed by atoms with Gasteiger partial charge in [0.25, 0.3) is 0 Å². The lowest BCUT2D eigenvalue weighted by Gasteiger charge is -2.19. The van der Waals surface area contributed by atoms with Gasteiger partial charge in [0, 0.05) is 6.42 Å². The lowest BCUT2D eigenvalue weighted by atomic mass is 10.2. The van der Waals surface area contributed by atoms with Crippen molar-refractivity contribution in [1.29, 1.82) is 0 Å². The highest BCUT2D eigenvalue weighted by Crippen LogP contribution is 2.06. The Hall–Kier alpha value is -1.63. The highest BCUT2D eigenvalue weighted by molar-refractivity contribution is 5.81. The Morgan fingerprint density at radius 1 is 1.09 bits per heavy atom. The van der Waals surface area contributed by atoms with Crippen molar-refractivity contribution in [2.24, 2.45) is 5.92 Å². The van der Waals surface area contributed by atoms with Gasteiger partial charge in [-0.25, -0.2) is 4.79 Å². The van der Waals surface area contributed by atoms with Crippen molar-refractivity contribution in [3.63, 3.8) is 0 Å². The van der Waals surface area contributed by atoms with E-state index in [1.807, 2.05) is 13.8 Å². The minimum Gasteiger partial charge on any atom is -0.459 e. The van der Waals surface area contributed by atoms with Crippen LogP contribution in [-0.4, -0.2) is 43.4 Å². The van der Waals surface area contributed by atoms with Gasteiger partial charge < -0.3 is 19.5 Å². The van der Waals surface area contributed by atoms with Crippen LogP contribution in [0.15, 0.2) is 0 Å². The van der Waals surface area contributed by atoms with E-state index < -0.39 is 17.7 Å². The van der Waals surface area contributed by atoms with Crippen molar-refractivity contribution in [1.82, 2.24) is 5.32 Å². The summed E-state index contributed by atoms with van der Waals surface area (Å²) in [5, 5.41) is 2.86. The maximum Gasteiger partial charge on any atom is 0.516 e. The van der Waals surface area contributed by atoms with Gasteiger partial charge in [-0.2, -0.15) is 0 Å². The van der Waals surface area contributed by atoms with Crippen LogP contribution in [0.3, 0.4) is 0 Å². The molecule has 0 atom stereocenters. The maximum atomic E-state index is 11.4. The number of esters is 2. The van der Waals surface area contributed by atoms with Crippen molar-refractivity contribution in [3.05, 3.63) is 0 Å². The second-order valence-corrected chi connectivity index (χ2v) is 6.30. The molecule has 0 aromatic carbocycles. The van der Waals surface area contributed by atoms with E-state index in [1.165, 1.54) is 0 Å². The summed E-state index contributed by atoms with van der Waals surface area (Å²) in [7, 11) is 0. The summed E-state index contributed by atoms with van der Waals surface area (Å²) in [5.74, 6) is -0.820. The number of rotatable bonds is 8. The number of carbonyl (C=O) groups is 3. The summed E-state index contributed by atoms with van der Waals surface area (Å²) in [6, 6.07) is 0. The van der Waals surface area contributed by atoms with Gasteiger partial charge in [0.2, 0.25) is 0 Å². The molecular formula is C15H27NO6. The Balaban J connectivity index is 3.65. The molecule has 1 N–H and O–H groups in total. The Kier molecular flexibility index (Phi) is 9.40. The summed E-state index contributed by atoms with van der Waals surface area (Å²) in [6.07, 6.45) is -0.461. The monoisotopic (exact) mass is 317 g/mol. The van der Waals surface area contributed by atoms with Gasteiger partial charge in [-0.3, -0.25) is 9.59 Å². The number of hydrogen-bond donors (Lipinski definition) is 1. The summed E-state index contributed by atoms with van der Waals surface area (Å²) in [5.41, 5.74) is -0.515. The van der Waals surface area contributed by atoms with Crippen molar-refractivity contribution in [2.75, 3.05) is 19.7 Å². The summed E-state index contributed by atoms with van der Waals surface area (Å²) < 4.78 is 14.3. The fourth-order valence-electron chi connectivity index (χ4n) is 1.33. The first-order valence-electron chi connectivity index (χ1n) is 7.40. The van der Waals surface area contributed by atoms with Gasteiger partial charge in [0.1, 0.15) is 5.60 Å². The molecule has 0 aromatic heterocycles. The van der Waals surface area contributed by atoms with Crippen molar-refractivity contribution in [2.45, 2.75) is 53.1 Å². The maximum absolute atomic E-state index is 11.4. The van der Waals surface area contributed by atoms with Crippen LogP contribution in [-0.2, 0) is 23.8 Å². The van der Waals surface area contributed by atoms with E-state index >= 15 is 0 Å². The molecule has 0 aliphatic carbocycles. The third-order valence-electron chi connectivity index (χ3n) is 2.16. The molecule has 0 radical (unpaired) electrons. The number of carbonyl (C=O) groups excluding carboxylic acids is 3. The largest absolute Gasteiger partial charge is 0.516 e. The summed E-state index contributed by atoms with van der Waals surface area (Å²) in [4.78, 5) is 33.9. The highest BCUT2D eigenvalue weighted by atomic mass is 16.7. The Morgan fingerprint density at radius 2 is 1.73 bits per heavy atom. The van der Waals surface area contributed by atoms with Gasteiger partial charge in [-0.1, -0.05) is 13.8 Å². The molecule has 0 rings (SSSR count). The first-order valence-corrected chi connectivity index (χ1v) is 7.40. The van der Waals surface area contributed by atoms with Gasteiger partial charge >= 0.3 is 18.1 Å². The van der Waals surface area contributed by atoms with Gasteiger partial charge in [-0.15, -0.1) is 0 Å². The molecule has 0 heterocycles. The molecule has 0 saturated carbocycles. The molecule has 7 nitrogen and oxygen atoms in total. The first kappa shape index (κ1) is 20.4. The zero-order valence-corrected chi connectivity index (χ0v) is 14.1. The Labute approximate surface area is 131 Å². The molecule has 0 aliphatic heterocycles. The SMILES string of the molecule is CC(C)COC(=O)OC(=O)CCCNCC(=O)OC(C)(C)C. The van der Waals surface area contributed by atoms with Crippen LogP contribution in [0.1, 0.15) is 47.5 Å². The van der Waals surface area contributed by atoms with Crippen LogP contribution in [0.5, 0.6) is 0 Å². The summed E-state index contributed by atoms with van der Waals surface area (Å²) in [6.45, 7) is 9.86. The molecule has 0 amide bonds. The van der Waals surface area contributed by atoms with Crippen LogP contribution in [0, 0.1) is 5.92 Å². The van der Waals surface area contributed by atoms with Crippen LogP contribution in [0.25, 0.3) is 0 Å². The minimum atomic E-state index is -0.972. The molecule has 0 fully saturated rings. The Morgan fingerprint density at radius 3 is 2.27 bits per heavy atom. The second-order valence-electron chi connectivity index (χ2n) is 6.30. The molecule has 0 spiro atoms. The molecule has 0 aliphatic rings. The lowest BCUT2D eigenvalue weighted by Crippen LogP contribution is -2.32. The van der Waals surface area contributed by atoms with Crippen molar-refractivity contribution < 1.29 is 28.6 Å². The number of nitrogens with one attached hydrogen (secondary N) is 1. The molecule has 0 bridgehead atoms. The van der Waals surface area contributed by atoms with E-state index in [1.54, 1.807) is 20.8 Å². The van der Waals surface area contributed by atoms with E-state index in [2.05, 4.69) is 10.1 Å². The van der Waals surface area contributed by atoms with Crippen LogP contribution in [0.4, 0.5) is 4.79 Å². The molecule has 0 aromatic rings. The van der Waals surface area contributed by atoms with E-state index in [4.69, 9.17) is 9.47 Å². The molecule has 0 unspecified atom stereocenters. The second kappa shape index (κ2) is 10.2. The number of ether oxygens (including phenoxy) is 3. The van der Waals surface area contributed by atoms with Crippen molar-refractivity contribution >= 4 is 18.1 Å². The molecule has 128 valence electrons. The Bertz CT molecular complexity index is 373. The highest BCUT2D eigenvalue weighted by Gasteiger charge is 2.16. The average Bonchev–Trinajstić information content (AvgIpc) is 2.33. The minimum absolute atomic E-state index is 0.0676. The predicted molar refractivity (Wildman–Crippen MR) is 80.2 cm³/mol. The standard InChI is InChI=1S/C15H27NO6/c1-11(2)10-20-14(19)21-12(17)7-6-8-16-9-13(18)22-15(3,4)5/h11,16H,6-10H2,1-5H3. The predicted octanol–water partition coefficient (Wildman–Crippen LogP) is 2.03. The van der Waals surface area contributed by atoms with Crippen LogP contribution in [0.2, 0.25) is 0 Å². The average molecular weight is 317 g/mol. The van der Waals surface area contributed by atoms with E-state index in [9.17, 15) is 14.4 Å². The quantitative estimate of drug-likeness (QED) is 0.416. The molecular weight excluding hydrogens is 290 g/mol. The smallest absolute Gasteiger partial charge is 0.459 e. The lowest BCUT2D eigenvalue weighted by molar-refractivity contribution is -0.153. The first-order chi connectivity index (χ1) is 10.1. The van der Waals surface area contributed by atoms with Crippen LogP contribution < -0.4 is 5.32 Å². The van der Waals surface area contributed by atoms with Gasteiger partial charge in [0.15, 0.2) is 0 Å². The molecule has 22 heavy (non-hydrogen) atoms. The third kappa shape index (κ3) is 13.4. The fourth-order valence-corrected chi connectivity index (χ4v) is 1.33. The van der Waals surface area contributed by atoms with E-state index in [0.29, 0.717) is 13.0 Å². The van der Waals surface area contributed by atoms with Crippen molar-refractivity contribution in [3.8, 4) is 0 Å². The summed E-state index contributed by atoms with van der Waals surface area (Å²) >= 11 is 0. The zero-order chi connectivity index (χ0) is 17.2. The van der Waals surface area contributed by atoms with Gasteiger partial charge in [-0.05, 0) is 39.7 Å². The molecule has 7 heteroatoms.